The SMILES string of the molecule is Cc1c(Cl)cnc2c1OCC1CC(N3CCCCC3=O)CCN21. The molecule has 0 N–H and O–H groups in total. The molecule has 0 aromatic carbocycles. The topological polar surface area (TPSA) is 45.7 Å². The molecule has 2 unspecified atom stereocenters. The van der Waals surface area contributed by atoms with Crippen LogP contribution in [0, 0.1) is 6.92 Å². The molecular weight excluding hydrogens is 314 g/mol. The Balaban J connectivity index is 1.54. The van der Waals surface area contributed by atoms with Gasteiger partial charge in [-0.25, -0.2) is 4.98 Å². The maximum Gasteiger partial charge on any atom is 0.222 e. The number of hydrogen-bond donors (Lipinski definition) is 0. The van der Waals surface area contributed by atoms with Crippen molar-refractivity contribution in [1.82, 2.24) is 9.88 Å². The predicted molar refractivity (Wildman–Crippen MR) is 89.2 cm³/mol. The molecule has 0 spiro atoms. The highest BCUT2D eigenvalue weighted by atomic mass is 35.5. The Kier molecular flexibility index (Phi) is 3.84. The molecule has 0 radical (unpaired) electrons. The number of ether oxygens (including phenoxy) is 1. The minimum absolute atomic E-state index is 0.295. The van der Waals surface area contributed by atoms with Crippen molar-refractivity contribution in [2.75, 3.05) is 24.6 Å². The van der Waals surface area contributed by atoms with Crippen molar-refractivity contribution in [3.8, 4) is 5.75 Å². The number of rotatable bonds is 1. The predicted octanol–water partition coefficient (Wildman–Crippen LogP) is 2.79. The Hall–Kier alpha value is -1.49. The Morgan fingerprint density at radius 2 is 2.13 bits per heavy atom. The zero-order chi connectivity index (χ0) is 16.0. The van der Waals surface area contributed by atoms with Gasteiger partial charge in [-0.15, -0.1) is 0 Å². The second-order valence-electron chi connectivity index (χ2n) is 6.76. The molecule has 1 aromatic heterocycles. The summed E-state index contributed by atoms with van der Waals surface area (Å²) in [5.74, 6) is 2.06. The number of carbonyl (C=O) groups is 1. The highest BCUT2D eigenvalue weighted by Crippen LogP contribution is 2.40. The summed E-state index contributed by atoms with van der Waals surface area (Å²) >= 11 is 6.16. The lowest BCUT2D eigenvalue weighted by Crippen LogP contribution is -2.56. The fraction of sp³-hybridized carbons (Fsp3) is 0.647. The largest absolute Gasteiger partial charge is 0.487 e. The van der Waals surface area contributed by atoms with Crippen molar-refractivity contribution in [2.45, 2.75) is 51.1 Å². The maximum atomic E-state index is 12.2. The van der Waals surface area contributed by atoms with Crippen LogP contribution < -0.4 is 9.64 Å². The van der Waals surface area contributed by atoms with Crippen LogP contribution >= 0.6 is 11.6 Å². The number of carbonyl (C=O) groups excluding carboxylic acids is 1. The summed E-state index contributed by atoms with van der Waals surface area (Å²) in [6.07, 6.45) is 6.57. The number of aromatic nitrogens is 1. The van der Waals surface area contributed by atoms with Crippen molar-refractivity contribution in [2.24, 2.45) is 0 Å². The summed E-state index contributed by atoms with van der Waals surface area (Å²) in [6, 6.07) is 0.645. The van der Waals surface area contributed by atoms with E-state index >= 15 is 0 Å². The van der Waals surface area contributed by atoms with Crippen molar-refractivity contribution in [3.63, 3.8) is 0 Å². The lowest BCUT2D eigenvalue weighted by atomic mass is 9.93. The molecule has 4 heterocycles. The number of piperidine rings is 2. The average molecular weight is 336 g/mol. The number of amides is 1. The molecule has 5 nitrogen and oxygen atoms in total. The molecule has 4 rings (SSSR count). The Labute approximate surface area is 141 Å². The van der Waals surface area contributed by atoms with Crippen LogP contribution in [0.5, 0.6) is 5.75 Å². The number of nitrogens with zero attached hydrogens (tertiary/aromatic N) is 3. The Morgan fingerprint density at radius 1 is 1.26 bits per heavy atom. The van der Waals surface area contributed by atoms with E-state index in [4.69, 9.17) is 16.3 Å². The van der Waals surface area contributed by atoms with Crippen LogP contribution in [-0.4, -0.2) is 47.6 Å². The van der Waals surface area contributed by atoms with E-state index in [0.717, 1.165) is 55.9 Å². The Morgan fingerprint density at radius 3 is 2.96 bits per heavy atom. The van der Waals surface area contributed by atoms with Crippen LogP contribution in [0.3, 0.4) is 0 Å². The normalized spacial score (nSPS) is 27.3. The van der Waals surface area contributed by atoms with Gasteiger partial charge in [-0.3, -0.25) is 4.79 Å². The second-order valence-corrected chi connectivity index (χ2v) is 7.17. The highest BCUT2D eigenvalue weighted by Gasteiger charge is 2.38. The summed E-state index contributed by atoms with van der Waals surface area (Å²) in [7, 11) is 0. The first-order chi connectivity index (χ1) is 11.1. The summed E-state index contributed by atoms with van der Waals surface area (Å²) in [4.78, 5) is 21.1. The molecule has 1 amide bonds. The molecule has 6 heteroatoms. The van der Waals surface area contributed by atoms with Gasteiger partial charge in [0.15, 0.2) is 11.6 Å². The lowest BCUT2D eigenvalue weighted by Gasteiger charge is -2.47. The zero-order valence-electron chi connectivity index (χ0n) is 13.4. The molecular formula is C17H22ClN3O2. The van der Waals surface area contributed by atoms with E-state index in [1.165, 1.54) is 0 Å². The van der Waals surface area contributed by atoms with Gasteiger partial charge >= 0.3 is 0 Å². The van der Waals surface area contributed by atoms with Gasteiger partial charge in [0.2, 0.25) is 5.91 Å². The number of likely N-dealkylation sites (tertiary alicyclic amines) is 1. The summed E-state index contributed by atoms with van der Waals surface area (Å²) in [5, 5.41) is 0.649. The van der Waals surface area contributed by atoms with Crippen LogP contribution in [-0.2, 0) is 4.79 Å². The number of hydrogen-bond acceptors (Lipinski definition) is 4. The summed E-state index contributed by atoms with van der Waals surface area (Å²) in [6.45, 7) is 4.46. The van der Waals surface area contributed by atoms with E-state index in [-0.39, 0.29) is 0 Å². The smallest absolute Gasteiger partial charge is 0.222 e. The number of halogens is 1. The van der Waals surface area contributed by atoms with Gasteiger partial charge in [-0.1, -0.05) is 11.6 Å². The van der Waals surface area contributed by atoms with Crippen LogP contribution in [0.4, 0.5) is 5.82 Å². The van der Waals surface area contributed by atoms with Crippen LogP contribution in [0.1, 0.15) is 37.7 Å². The minimum atomic E-state index is 0.295. The van der Waals surface area contributed by atoms with Gasteiger partial charge in [0.05, 0.1) is 11.1 Å². The molecule has 3 aliphatic heterocycles. The van der Waals surface area contributed by atoms with Gasteiger partial charge in [0.25, 0.3) is 0 Å². The van der Waals surface area contributed by atoms with E-state index in [1.807, 2.05) is 6.92 Å². The average Bonchev–Trinajstić information content (AvgIpc) is 2.58. The second kappa shape index (κ2) is 5.86. The number of pyridine rings is 1. The van der Waals surface area contributed by atoms with Crippen LogP contribution in [0.15, 0.2) is 6.20 Å². The third-order valence-electron chi connectivity index (χ3n) is 5.38. The van der Waals surface area contributed by atoms with E-state index in [9.17, 15) is 4.79 Å². The van der Waals surface area contributed by atoms with E-state index in [1.54, 1.807) is 6.20 Å². The van der Waals surface area contributed by atoms with Crippen LogP contribution in [0.2, 0.25) is 5.02 Å². The zero-order valence-corrected chi connectivity index (χ0v) is 14.2. The summed E-state index contributed by atoms with van der Waals surface area (Å²) < 4.78 is 5.97. The van der Waals surface area contributed by atoms with Gasteiger partial charge in [0.1, 0.15) is 6.61 Å². The standard InChI is InChI=1S/C17H22ClN3O2/c1-11-14(18)9-19-17-16(11)23-10-13-8-12(5-7-21(13)17)20-6-3-2-4-15(20)22/h9,12-13H,2-8,10H2,1H3. The van der Waals surface area contributed by atoms with Gasteiger partial charge < -0.3 is 14.5 Å². The fourth-order valence-corrected chi connectivity index (χ4v) is 4.20. The fourth-order valence-electron chi connectivity index (χ4n) is 4.07. The first-order valence-electron chi connectivity index (χ1n) is 8.49. The van der Waals surface area contributed by atoms with E-state index in [0.29, 0.717) is 36.0 Å². The molecule has 3 aliphatic rings. The first-order valence-corrected chi connectivity index (χ1v) is 8.87. The molecule has 1 aromatic rings. The lowest BCUT2D eigenvalue weighted by molar-refractivity contribution is -0.136. The molecule has 23 heavy (non-hydrogen) atoms. The van der Waals surface area contributed by atoms with Gasteiger partial charge in [-0.2, -0.15) is 0 Å². The van der Waals surface area contributed by atoms with Crippen molar-refractivity contribution >= 4 is 23.3 Å². The maximum absolute atomic E-state index is 12.2. The van der Waals surface area contributed by atoms with Crippen molar-refractivity contribution in [1.29, 1.82) is 0 Å². The monoisotopic (exact) mass is 335 g/mol. The first kappa shape index (κ1) is 15.1. The quantitative estimate of drug-likeness (QED) is 0.791. The van der Waals surface area contributed by atoms with Gasteiger partial charge in [-0.05, 0) is 32.6 Å². The molecule has 0 bridgehead atoms. The van der Waals surface area contributed by atoms with Crippen molar-refractivity contribution < 1.29 is 9.53 Å². The molecule has 124 valence electrons. The van der Waals surface area contributed by atoms with E-state index < -0.39 is 0 Å². The van der Waals surface area contributed by atoms with E-state index in [2.05, 4.69) is 14.8 Å². The van der Waals surface area contributed by atoms with Crippen LogP contribution in [0.25, 0.3) is 0 Å². The minimum Gasteiger partial charge on any atom is -0.487 e. The third-order valence-corrected chi connectivity index (χ3v) is 5.76. The number of fused-ring (bicyclic) bond motifs is 3. The third kappa shape index (κ3) is 2.55. The Bertz CT molecular complexity index is 637. The number of anilines is 1. The van der Waals surface area contributed by atoms with Gasteiger partial charge in [0, 0.05) is 37.3 Å². The molecule has 0 saturated carbocycles. The molecule has 2 fully saturated rings. The highest BCUT2D eigenvalue weighted by molar-refractivity contribution is 6.31. The molecule has 0 aliphatic carbocycles. The molecule has 2 atom stereocenters. The molecule has 2 saturated heterocycles. The van der Waals surface area contributed by atoms with Crippen molar-refractivity contribution in [3.05, 3.63) is 16.8 Å². The summed E-state index contributed by atoms with van der Waals surface area (Å²) in [5.41, 5.74) is 0.962.